The summed E-state index contributed by atoms with van der Waals surface area (Å²) >= 11 is 12.2. The molecule has 1 saturated heterocycles. The smallest absolute Gasteiger partial charge is 0.251 e. The monoisotopic (exact) mass is 498 g/mol. The van der Waals surface area contributed by atoms with Gasteiger partial charge in [0.2, 0.25) is 0 Å². The van der Waals surface area contributed by atoms with Gasteiger partial charge in [0.25, 0.3) is 5.91 Å². The minimum atomic E-state index is -0.345. The van der Waals surface area contributed by atoms with Crippen molar-refractivity contribution < 1.29 is 14.7 Å². The molecule has 4 rings (SSSR count). The highest BCUT2D eigenvalue weighted by Gasteiger charge is 2.31. The van der Waals surface area contributed by atoms with Crippen molar-refractivity contribution in [2.75, 3.05) is 19.6 Å². The summed E-state index contributed by atoms with van der Waals surface area (Å²) in [6, 6.07) is 24.5. The second-order valence-corrected chi connectivity index (χ2v) is 9.35. The maximum Gasteiger partial charge on any atom is 0.251 e. The fraction of sp³-hybridized carbons (Fsp3) is 0.296. The molecule has 0 radical (unpaired) electrons. The van der Waals surface area contributed by atoms with Crippen LogP contribution in [0, 0.1) is 0 Å². The summed E-state index contributed by atoms with van der Waals surface area (Å²) in [5, 5.41) is 12.4. The number of hydroxylamine groups is 2. The van der Waals surface area contributed by atoms with Crippen LogP contribution in [0.2, 0.25) is 10.0 Å². The van der Waals surface area contributed by atoms with Crippen molar-refractivity contribution in [3.05, 3.63) is 106 Å². The van der Waals surface area contributed by atoms with Crippen LogP contribution in [-0.4, -0.2) is 46.7 Å². The number of aliphatic hydroxyl groups is 1. The highest BCUT2D eigenvalue weighted by molar-refractivity contribution is 6.42. The zero-order valence-corrected chi connectivity index (χ0v) is 20.3. The average molecular weight is 499 g/mol. The number of likely N-dealkylation sites (tertiary alicyclic amines) is 1. The molecular formula is C27H28Cl2N2O3. The molecule has 178 valence electrons. The van der Waals surface area contributed by atoms with Gasteiger partial charge in [-0.1, -0.05) is 89.9 Å². The van der Waals surface area contributed by atoms with E-state index >= 15 is 0 Å². The van der Waals surface area contributed by atoms with E-state index in [2.05, 4.69) is 4.90 Å². The molecular weight excluding hydrogens is 471 g/mol. The Morgan fingerprint density at radius 3 is 2.35 bits per heavy atom. The standard InChI is InChI=1S/C27H28Cl2N2O3/c28-24-12-11-21(15-25(24)29)16-27(33)31(34-19-20-7-3-1-4-8-20)26(22-9-5-2-6-10-22)18-30-14-13-23(32)17-30/h1-12,15,23,26,32H,13-14,16-19H2. The Morgan fingerprint density at radius 1 is 1.00 bits per heavy atom. The largest absolute Gasteiger partial charge is 0.392 e. The number of carbonyl (C=O) groups is 1. The highest BCUT2D eigenvalue weighted by atomic mass is 35.5. The number of hydrogen-bond acceptors (Lipinski definition) is 4. The van der Waals surface area contributed by atoms with Crippen LogP contribution in [0.3, 0.4) is 0 Å². The number of nitrogens with zero attached hydrogens (tertiary/aromatic N) is 2. The first-order chi connectivity index (χ1) is 16.5. The predicted octanol–water partition coefficient (Wildman–Crippen LogP) is 5.30. The number of rotatable bonds is 9. The predicted molar refractivity (Wildman–Crippen MR) is 134 cm³/mol. The number of benzene rings is 3. The van der Waals surface area contributed by atoms with E-state index in [0.717, 1.165) is 29.7 Å². The maximum atomic E-state index is 13.6. The minimum absolute atomic E-state index is 0.123. The molecule has 1 N–H and O–H groups in total. The number of β-amino-alcohol motifs (C(OH)–C–C–N with tert-alkyl or cyclic N) is 1. The van der Waals surface area contributed by atoms with Gasteiger partial charge in [0.05, 0.1) is 28.6 Å². The average Bonchev–Trinajstić information content (AvgIpc) is 3.26. The molecule has 0 aromatic heterocycles. The van der Waals surface area contributed by atoms with E-state index in [9.17, 15) is 9.90 Å². The van der Waals surface area contributed by atoms with Gasteiger partial charge < -0.3 is 5.11 Å². The molecule has 7 heteroatoms. The third-order valence-electron chi connectivity index (χ3n) is 5.94. The van der Waals surface area contributed by atoms with Gasteiger partial charge in [-0.25, -0.2) is 5.06 Å². The number of carbonyl (C=O) groups excluding carboxylic acids is 1. The van der Waals surface area contributed by atoms with Crippen LogP contribution >= 0.6 is 23.2 Å². The zero-order chi connectivity index (χ0) is 23.9. The van der Waals surface area contributed by atoms with Crippen molar-refractivity contribution in [2.24, 2.45) is 0 Å². The van der Waals surface area contributed by atoms with Gasteiger partial charge in [-0.3, -0.25) is 14.5 Å². The number of amides is 1. The van der Waals surface area contributed by atoms with E-state index in [0.29, 0.717) is 23.1 Å². The van der Waals surface area contributed by atoms with Crippen molar-refractivity contribution in [1.82, 2.24) is 9.96 Å². The Bertz CT molecular complexity index is 1080. The Hall–Kier alpha value is -2.41. The first-order valence-corrected chi connectivity index (χ1v) is 12.1. The lowest BCUT2D eigenvalue weighted by Crippen LogP contribution is -2.42. The first kappa shape index (κ1) is 24.7. The van der Waals surface area contributed by atoms with Crippen LogP contribution in [0.25, 0.3) is 0 Å². The van der Waals surface area contributed by atoms with E-state index in [1.807, 2.05) is 60.7 Å². The minimum Gasteiger partial charge on any atom is -0.392 e. The van der Waals surface area contributed by atoms with E-state index in [1.165, 1.54) is 5.06 Å². The quantitative estimate of drug-likeness (QED) is 0.406. The molecule has 2 atom stereocenters. The molecule has 0 saturated carbocycles. The summed E-state index contributed by atoms with van der Waals surface area (Å²) in [7, 11) is 0. The SMILES string of the molecule is O=C(Cc1ccc(Cl)c(Cl)c1)N(OCc1ccccc1)C(CN1CCC(O)C1)c1ccccc1. The molecule has 0 spiro atoms. The third kappa shape index (κ3) is 6.59. The van der Waals surface area contributed by atoms with Crippen molar-refractivity contribution in [1.29, 1.82) is 0 Å². The number of aliphatic hydroxyl groups excluding tert-OH is 1. The molecule has 1 aliphatic rings. The first-order valence-electron chi connectivity index (χ1n) is 11.4. The molecule has 1 aliphatic heterocycles. The molecule has 1 heterocycles. The van der Waals surface area contributed by atoms with Crippen molar-refractivity contribution in [3.8, 4) is 0 Å². The van der Waals surface area contributed by atoms with E-state index in [1.54, 1.807) is 18.2 Å². The van der Waals surface area contributed by atoms with Gasteiger partial charge in [0.15, 0.2) is 0 Å². The molecule has 3 aromatic rings. The van der Waals surface area contributed by atoms with Crippen LogP contribution in [0.1, 0.15) is 29.2 Å². The molecule has 1 amide bonds. The van der Waals surface area contributed by atoms with Crippen molar-refractivity contribution in [3.63, 3.8) is 0 Å². The van der Waals surface area contributed by atoms with Crippen LogP contribution in [0.5, 0.6) is 0 Å². The summed E-state index contributed by atoms with van der Waals surface area (Å²) in [6.07, 6.45) is 0.503. The van der Waals surface area contributed by atoms with Crippen LogP contribution in [0.15, 0.2) is 78.9 Å². The second kappa shape index (κ2) is 11.8. The summed E-state index contributed by atoms with van der Waals surface area (Å²) in [5.41, 5.74) is 2.70. The second-order valence-electron chi connectivity index (χ2n) is 8.53. The topological polar surface area (TPSA) is 53.0 Å². The zero-order valence-electron chi connectivity index (χ0n) is 18.8. The van der Waals surface area contributed by atoms with Gasteiger partial charge >= 0.3 is 0 Å². The number of halogens is 2. The Morgan fingerprint density at radius 2 is 1.71 bits per heavy atom. The fourth-order valence-electron chi connectivity index (χ4n) is 4.17. The van der Waals surface area contributed by atoms with Crippen molar-refractivity contribution >= 4 is 29.1 Å². The lowest BCUT2D eigenvalue weighted by molar-refractivity contribution is -0.208. The van der Waals surface area contributed by atoms with Crippen molar-refractivity contribution in [2.45, 2.75) is 31.6 Å². The lowest BCUT2D eigenvalue weighted by atomic mass is 10.0. The molecule has 0 aliphatic carbocycles. The molecule has 2 unspecified atom stereocenters. The molecule has 5 nitrogen and oxygen atoms in total. The van der Waals surface area contributed by atoms with E-state index < -0.39 is 0 Å². The van der Waals surface area contributed by atoms with Crippen LogP contribution < -0.4 is 0 Å². The van der Waals surface area contributed by atoms with E-state index in [-0.39, 0.29) is 31.1 Å². The lowest BCUT2D eigenvalue weighted by Gasteiger charge is -2.34. The Labute approximate surface area is 210 Å². The Balaban J connectivity index is 1.62. The van der Waals surface area contributed by atoms with E-state index in [4.69, 9.17) is 28.0 Å². The maximum absolute atomic E-state index is 13.6. The van der Waals surface area contributed by atoms with Gasteiger partial charge in [0, 0.05) is 19.6 Å². The fourth-order valence-corrected chi connectivity index (χ4v) is 4.49. The van der Waals surface area contributed by atoms with Gasteiger partial charge in [-0.05, 0) is 35.2 Å². The summed E-state index contributed by atoms with van der Waals surface area (Å²) in [4.78, 5) is 22.0. The summed E-state index contributed by atoms with van der Waals surface area (Å²) < 4.78 is 0. The third-order valence-corrected chi connectivity index (χ3v) is 6.68. The summed E-state index contributed by atoms with van der Waals surface area (Å²) in [6.45, 7) is 2.18. The number of hydrogen-bond donors (Lipinski definition) is 1. The van der Waals surface area contributed by atoms with Gasteiger partial charge in [-0.2, -0.15) is 0 Å². The van der Waals surface area contributed by atoms with Crippen LogP contribution in [0.4, 0.5) is 0 Å². The molecule has 1 fully saturated rings. The Kier molecular flexibility index (Phi) is 8.59. The normalized spacial score (nSPS) is 17.0. The van der Waals surface area contributed by atoms with Gasteiger partial charge in [-0.15, -0.1) is 0 Å². The highest BCUT2D eigenvalue weighted by Crippen LogP contribution is 2.28. The molecule has 34 heavy (non-hydrogen) atoms. The summed E-state index contributed by atoms with van der Waals surface area (Å²) in [5.74, 6) is -0.178. The molecule has 0 bridgehead atoms. The van der Waals surface area contributed by atoms with Gasteiger partial charge in [0.1, 0.15) is 6.61 Å². The molecule has 3 aromatic carbocycles. The van der Waals surface area contributed by atoms with Crippen LogP contribution in [-0.2, 0) is 22.7 Å².